The first-order chi connectivity index (χ1) is 10.6. The van der Waals surface area contributed by atoms with Gasteiger partial charge in [-0.1, -0.05) is 0 Å². The van der Waals surface area contributed by atoms with Crippen LogP contribution in [0.25, 0.3) is 0 Å². The molecule has 0 unspecified atom stereocenters. The van der Waals surface area contributed by atoms with Gasteiger partial charge in [-0.3, -0.25) is 0 Å². The van der Waals surface area contributed by atoms with Crippen molar-refractivity contribution in [3.63, 3.8) is 0 Å². The Morgan fingerprint density at radius 3 is 1.55 bits per heavy atom. The standard InChI is InChI=1S/C13H28O8S/c1-17-4-5-19-7-9-21-11-13-22(15,16)12-10-20-8-6-18-3-2-14/h14H,2-13H2,1H3. The molecule has 0 amide bonds. The van der Waals surface area contributed by atoms with E-state index in [9.17, 15) is 8.42 Å². The van der Waals surface area contributed by atoms with Crippen LogP contribution in [0.5, 0.6) is 0 Å². The second-order valence-electron chi connectivity index (χ2n) is 4.32. The van der Waals surface area contributed by atoms with Crippen LogP contribution in [-0.4, -0.2) is 98.2 Å². The van der Waals surface area contributed by atoms with E-state index in [4.69, 9.17) is 28.8 Å². The lowest BCUT2D eigenvalue weighted by Crippen LogP contribution is -2.20. The van der Waals surface area contributed by atoms with Crippen molar-refractivity contribution in [2.24, 2.45) is 0 Å². The highest BCUT2D eigenvalue weighted by molar-refractivity contribution is 7.91. The Bertz CT molecular complexity index is 320. The maximum Gasteiger partial charge on any atom is 0.154 e. The minimum atomic E-state index is -3.17. The summed E-state index contributed by atoms with van der Waals surface area (Å²) in [5, 5.41) is 8.48. The number of hydrogen-bond acceptors (Lipinski definition) is 8. The van der Waals surface area contributed by atoms with Gasteiger partial charge < -0.3 is 28.8 Å². The molecule has 0 rings (SSSR count). The van der Waals surface area contributed by atoms with Gasteiger partial charge in [0.15, 0.2) is 9.84 Å². The largest absolute Gasteiger partial charge is 0.394 e. The summed E-state index contributed by atoms with van der Waals surface area (Å²) in [6.45, 7) is 2.95. The molecular formula is C13H28O8S. The molecule has 1 N–H and O–H groups in total. The van der Waals surface area contributed by atoms with E-state index in [2.05, 4.69) is 0 Å². The molecule has 0 aliphatic carbocycles. The minimum Gasteiger partial charge on any atom is -0.394 e. The van der Waals surface area contributed by atoms with Crippen molar-refractivity contribution >= 4 is 9.84 Å². The van der Waals surface area contributed by atoms with Gasteiger partial charge in [-0.25, -0.2) is 8.42 Å². The smallest absolute Gasteiger partial charge is 0.154 e. The summed E-state index contributed by atoms with van der Waals surface area (Å²) in [7, 11) is -1.58. The van der Waals surface area contributed by atoms with Crippen LogP contribution in [0.3, 0.4) is 0 Å². The van der Waals surface area contributed by atoms with Crippen LogP contribution in [0.1, 0.15) is 0 Å². The summed E-state index contributed by atoms with van der Waals surface area (Å²) in [6.07, 6.45) is 0. The van der Waals surface area contributed by atoms with Crippen molar-refractivity contribution in [3.8, 4) is 0 Å². The molecule has 0 aliphatic heterocycles. The van der Waals surface area contributed by atoms with E-state index in [1.807, 2.05) is 0 Å². The van der Waals surface area contributed by atoms with Crippen molar-refractivity contribution in [1.82, 2.24) is 0 Å². The van der Waals surface area contributed by atoms with Crippen LogP contribution in [-0.2, 0) is 33.5 Å². The monoisotopic (exact) mass is 344 g/mol. The SMILES string of the molecule is COCCOCCOCCS(=O)(=O)CCOCCOCCO. The fourth-order valence-electron chi connectivity index (χ4n) is 1.32. The molecule has 0 radical (unpaired) electrons. The van der Waals surface area contributed by atoms with E-state index in [1.165, 1.54) is 0 Å². The van der Waals surface area contributed by atoms with Gasteiger partial charge in [0.1, 0.15) is 0 Å². The lowest BCUT2D eigenvalue weighted by molar-refractivity contribution is 0.0283. The average molecular weight is 344 g/mol. The van der Waals surface area contributed by atoms with Crippen molar-refractivity contribution in [2.45, 2.75) is 0 Å². The molecule has 0 saturated heterocycles. The van der Waals surface area contributed by atoms with Gasteiger partial charge in [0.05, 0.1) is 77.6 Å². The number of sulfone groups is 1. The van der Waals surface area contributed by atoms with Gasteiger partial charge in [0.2, 0.25) is 0 Å². The highest BCUT2D eigenvalue weighted by Gasteiger charge is 2.10. The molecule has 0 aromatic heterocycles. The third kappa shape index (κ3) is 16.1. The number of aliphatic hydroxyl groups excluding tert-OH is 1. The Morgan fingerprint density at radius 1 is 0.682 bits per heavy atom. The Hall–Kier alpha value is -0.290. The highest BCUT2D eigenvalue weighted by Crippen LogP contribution is 1.92. The number of hydrogen-bond donors (Lipinski definition) is 1. The molecule has 0 atom stereocenters. The summed E-state index contributed by atoms with van der Waals surface area (Å²) in [5.74, 6) is -0.0733. The van der Waals surface area contributed by atoms with Crippen LogP contribution >= 0.6 is 0 Å². The van der Waals surface area contributed by atoms with E-state index in [0.29, 0.717) is 39.6 Å². The third-order valence-corrected chi connectivity index (χ3v) is 4.07. The number of methoxy groups -OCH3 is 1. The van der Waals surface area contributed by atoms with Gasteiger partial charge in [0, 0.05) is 7.11 Å². The zero-order valence-electron chi connectivity index (χ0n) is 13.2. The van der Waals surface area contributed by atoms with E-state index in [1.54, 1.807) is 7.11 Å². The van der Waals surface area contributed by atoms with Crippen molar-refractivity contribution in [3.05, 3.63) is 0 Å². The fourth-order valence-corrected chi connectivity index (χ4v) is 2.27. The highest BCUT2D eigenvalue weighted by atomic mass is 32.2. The predicted molar refractivity (Wildman–Crippen MR) is 80.9 cm³/mol. The van der Waals surface area contributed by atoms with Gasteiger partial charge in [0.25, 0.3) is 0 Å². The average Bonchev–Trinajstić information content (AvgIpc) is 2.49. The molecule has 0 bridgehead atoms. The van der Waals surface area contributed by atoms with E-state index in [-0.39, 0.29) is 37.9 Å². The van der Waals surface area contributed by atoms with Crippen molar-refractivity contribution < 1.29 is 37.2 Å². The van der Waals surface area contributed by atoms with Crippen LogP contribution in [0.4, 0.5) is 0 Å². The molecule has 0 saturated carbocycles. The molecule has 0 aliphatic rings. The summed E-state index contributed by atoms with van der Waals surface area (Å²) in [5.41, 5.74) is 0. The molecule has 0 aromatic rings. The fraction of sp³-hybridized carbons (Fsp3) is 1.00. The first-order valence-corrected chi connectivity index (χ1v) is 9.05. The molecule has 134 valence electrons. The molecular weight excluding hydrogens is 316 g/mol. The maximum absolute atomic E-state index is 11.7. The zero-order valence-corrected chi connectivity index (χ0v) is 14.0. The second kappa shape index (κ2) is 15.6. The molecule has 0 fully saturated rings. The Morgan fingerprint density at radius 2 is 1.09 bits per heavy atom. The Labute approximate surface area is 132 Å². The quantitative estimate of drug-likeness (QED) is 0.339. The van der Waals surface area contributed by atoms with Crippen molar-refractivity contribution in [1.29, 1.82) is 0 Å². The third-order valence-electron chi connectivity index (χ3n) is 2.49. The van der Waals surface area contributed by atoms with E-state index >= 15 is 0 Å². The van der Waals surface area contributed by atoms with Gasteiger partial charge >= 0.3 is 0 Å². The molecule has 0 aromatic carbocycles. The summed E-state index contributed by atoms with van der Waals surface area (Å²) >= 11 is 0. The van der Waals surface area contributed by atoms with Gasteiger partial charge in [-0.2, -0.15) is 0 Å². The number of ether oxygens (including phenoxy) is 5. The summed E-state index contributed by atoms with van der Waals surface area (Å²) < 4.78 is 48.6. The van der Waals surface area contributed by atoms with Gasteiger partial charge in [-0.05, 0) is 0 Å². The van der Waals surface area contributed by atoms with Crippen LogP contribution in [0.15, 0.2) is 0 Å². The van der Waals surface area contributed by atoms with Crippen LogP contribution in [0, 0.1) is 0 Å². The Kier molecular flexibility index (Phi) is 15.4. The molecule has 0 heterocycles. The first kappa shape index (κ1) is 21.7. The van der Waals surface area contributed by atoms with Crippen molar-refractivity contribution in [2.75, 3.05) is 84.7 Å². The first-order valence-electron chi connectivity index (χ1n) is 7.23. The predicted octanol–water partition coefficient (Wildman–Crippen LogP) is -0.894. The molecule has 0 spiro atoms. The minimum absolute atomic E-state index is 0.0323. The number of rotatable bonds is 17. The molecule has 8 nitrogen and oxygen atoms in total. The van der Waals surface area contributed by atoms with Crippen LogP contribution < -0.4 is 0 Å². The lowest BCUT2D eigenvalue weighted by atomic mass is 10.7. The van der Waals surface area contributed by atoms with Gasteiger partial charge in [-0.15, -0.1) is 0 Å². The maximum atomic E-state index is 11.7. The topological polar surface area (TPSA) is 101 Å². The molecule has 22 heavy (non-hydrogen) atoms. The molecule has 9 heteroatoms. The zero-order chi connectivity index (χ0) is 16.5. The Balaban J connectivity index is 3.38. The number of aliphatic hydroxyl groups is 1. The van der Waals surface area contributed by atoms with E-state index < -0.39 is 9.84 Å². The van der Waals surface area contributed by atoms with Crippen LogP contribution in [0.2, 0.25) is 0 Å². The lowest BCUT2D eigenvalue weighted by Gasteiger charge is -2.07. The summed E-state index contributed by atoms with van der Waals surface area (Å²) in [4.78, 5) is 0. The summed E-state index contributed by atoms with van der Waals surface area (Å²) in [6, 6.07) is 0. The second-order valence-corrected chi connectivity index (χ2v) is 6.62. The normalized spacial score (nSPS) is 11.9. The van der Waals surface area contributed by atoms with E-state index in [0.717, 1.165) is 0 Å².